The van der Waals surface area contributed by atoms with Crippen molar-refractivity contribution in [1.29, 1.82) is 0 Å². The molecule has 4 heterocycles. The van der Waals surface area contributed by atoms with Crippen molar-refractivity contribution in [2.75, 3.05) is 31.2 Å². The summed E-state index contributed by atoms with van der Waals surface area (Å²) < 4.78 is 9.10. The van der Waals surface area contributed by atoms with E-state index in [0.717, 1.165) is 38.6 Å². The number of nitrogens with zero attached hydrogens (tertiary/aromatic N) is 5. The molecule has 0 aliphatic carbocycles. The molecule has 1 atom stereocenters. The molecule has 0 spiro atoms. The van der Waals surface area contributed by atoms with E-state index in [0.29, 0.717) is 19.2 Å². The minimum absolute atomic E-state index is 0.0477. The van der Waals surface area contributed by atoms with Gasteiger partial charge in [-0.15, -0.1) is 22.9 Å². The highest BCUT2D eigenvalue weighted by molar-refractivity contribution is 7.19. The Morgan fingerprint density at radius 3 is 2.79 bits per heavy atom. The highest BCUT2D eigenvalue weighted by Crippen LogP contribution is 2.37. The van der Waals surface area contributed by atoms with E-state index in [1.165, 1.54) is 0 Å². The lowest BCUT2D eigenvalue weighted by Crippen LogP contribution is -2.37. The number of fused-ring (bicyclic) bond motifs is 1. The van der Waals surface area contributed by atoms with Gasteiger partial charge in [-0.1, -0.05) is 0 Å². The molecule has 1 aliphatic heterocycles. The number of thiophene rings is 1. The van der Waals surface area contributed by atoms with Crippen LogP contribution in [0.2, 0.25) is 0 Å². The second-order valence-corrected chi connectivity index (χ2v) is 7.94. The Kier molecular flexibility index (Phi) is 4.50. The van der Waals surface area contributed by atoms with Crippen LogP contribution < -0.4 is 9.46 Å². The van der Waals surface area contributed by atoms with Crippen molar-refractivity contribution in [2.45, 2.75) is 12.3 Å². The van der Waals surface area contributed by atoms with E-state index in [2.05, 4.69) is 32.4 Å². The monoisotopic (exact) mass is 375 g/mol. The first-order chi connectivity index (χ1) is 11.6. The molecule has 24 heavy (non-hydrogen) atoms. The molecule has 6 nitrogen and oxygen atoms in total. The van der Waals surface area contributed by atoms with Crippen LogP contribution in [0.1, 0.15) is 17.2 Å². The summed E-state index contributed by atoms with van der Waals surface area (Å²) in [6, 6.07) is 3.96. The predicted molar refractivity (Wildman–Crippen MR) is 97.2 cm³/mol. The van der Waals surface area contributed by atoms with Crippen LogP contribution in [-0.4, -0.2) is 62.3 Å². The largest absolute Gasteiger partial charge is 0.378 e. The summed E-state index contributed by atoms with van der Waals surface area (Å²) in [4.78, 5) is 12.8. The van der Waals surface area contributed by atoms with Crippen molar-refractivity contribution in [2.24, 2.45) is 0 Å². The van der Waals surface area contributed by atoms with Gasteiger partial charge in [0.1, 0.15) is 0 Å². The highest BCUT2D eigenvalue weighted by Gasteiger charge is 2.21. The van der Waals surface area contributed by atoms with Crippen LogP contribution in [0.3, 0.4) is 0 Å². The Hall–Kier alpha value is -1.17. The van der Waals surface area contributed by atoms with Crippen molar-refractivity contribution in [3.05, 3.63) is 23.2 Å². The van der Waals surface area contributed by atoms with Gasteiger partial charge in [-0.2, -0.15) is 10.1 Å². The van der Waals surface area contributed by atoms with Crippen LogP contribution in [0.4, 0.5) is 5.82 Å². The van der Waals surface area contributed by atoms with Gasteiger partial charge in [-0.05, 0) is 23.6 Å². The first-order valence-corrected chi connectivity index (χ1v) is 9.54. The number of ether oxygens (including phenoxy) is 1. The van der Waals surface area contributed by atoms with E-state index in [4.69, 9.17) is 26.3 Å². The van der Waals surface area contributed by atoms with Gasteiger partial charge < -0.3 is 9.64 Å². The van der Waals surface area contributed by atoms with Gasteiger partial charge in [-0.25, -0.2) is 9.67 Å². The van der Waals surface area contributed by atoms with Crippen molar-refractivity contribution in [3.63, 3.8) is 0 Å². The van der Waals surface area contributed by atoms with E-state index in [1.807, 2.05) is 19.2 Å². The number of aromatic nitrogens is 4. The van der Waals surface area contributed by atoms with E-state index >= 15 is 0 Å². The zero-order chi connectivity index (χ0) is 16.7. The van der Waals surface area contributed by atoms with Crippen LogP contribution in [-0.2, 0) is 4.74 Å². The Bertz CT molecular complexity index is 874. The summed E-state index contributed by atoms with van der Waals surface area (Å²) in [7, 11) is 0. The van der Waals surface area contributed by atoms with Gasteiger partial charge in [-0.3, -0.25) is 0 Å². The summed E-state index contributed by atoms with van der Waals surface area (Å²) in [5, 5.41) is 4.36. The van der Waals surface area contributed by atoms with Crippen LogP contribution in [0.5, 0.6) is 0 Å². The zero-order valence-corrected chi connectivity index (χ0v) is 15.9. The third kappa shape index (κ3) is 3.05. The van der Waals surface area contributed by atoms with Crippen molar-refractivity contribution < 1.29 is 4.74 Å². The molecule has 0 bridgehead atoms. The van der Waals surface area contributed by atoms with Gasteiger partial charge in [0.25, 0.3) is 5.95 Å². The fourth-order valence-electron chi connectivity index (χ4n) is 2.66. The first-order valence-electron chi connectivity index (χ1n) is 7.71. The Balaban J connectivity index is 1.88. The summed E-state index contributed by atoms with van der Waals surface area (Å²) in [5.74, 6) is 1.51. The summed E-state index contributed by atoms with van der Waals surface area (Å²) in [6.07, 6.45) is 1.87. The third-order valence-electron chi connectivity index (χ3n) is 3.88. The Morgan fingerprint density at radius 2 is 2.12 bits per heavy atom. The van der Waals surface area contributed by atoms with Crippen molar-refractivity contribution in [3.8, 4) is 5.95 Å². The molecule has 1 aliphatic rings. The van der Waals surface area contributed by atoms with Gasteiger partial charge in [0.05, 0.1) is 28.8 Å². The van der Waals surface area contributed by atoms with Crippen LogP contribution in [0.15, 0.2) is 18.3 Å². The highest BCUT2D eigenvalue weighted by atomic mass is 35.5. The smallest absolute Gasteiger partial charge is 0.253 e. The fourth-order valence-corrected chi connectivity index (χ4v) is 4.11. The average Bonchev–Trinajstić information content (AvgIpc) is 3.20. The lowest BCUT2D eigenvalue weighted by Gasteiger charge is -2.28. The molecule has 0 aromatic carbocycles. The normalized spacial score (nSPS) is 16.7. The van der Waals surface area contributed by atoms with Crippen LogP contribution >= 0.6 is 22.9 Å². The first kappa shape index (κ1) is 16.3. The van der Waals surface area contributed by atoms with E-state index in [-0.39, 0.29) is 5.38 Å². The molecule has 1 unspecified atom stereocenters. The molecular weight excluding hydrogens is 361 g/mol. The lowest BCUT2D eigenvalue weighted by molar-refractivity contribution is 0.122. The fraction of sp³-hybridized carbons (Fsp3) is 0.400. The summed E-state index contributed by atoms with van der Waals surface area (Å²) in [6.45, 7) is 5.04. The molecule has 0 saturated carbocycles. The third-order valence-corrected chi connectivity index (χ3v) is 5.85. The Labute approximate surface area is 156 Å². The molecule has 3 aromatic rings. The molecule has 3 aromatic heterocycles. The molecule has 9 heteroatoms. The topological polar surface area (TPSA) is 56.1 Å². The van der Waals surface area contributed by atoms with Gasteiger partial charge in [0.15, 0.2) is 5.82 Å². The van der Waals surface area contributed by atoms with Gasteiger partial charge in [0, 0.05) is 24.2 Å². The van der Waals surface area contributed by atoms with E-state index in [1.54, 1.807) is 16.0 Å². The zero-order valence-electron chi connectivity index (χ0n) is 13.1. The number of morpholine rings is 1. The molecule has 2 radical (unpaired) electrons. The van der Waals surface area contributed by atoms with Crippen LogP contribution in [0, 0.1) is 0 Å². The molecule has 122 valence electrons. The minimum atomic E-state index is -0.0477. The maximum Gasteiger partial charge on any atom is 0.253 e. The molecule has 1 saturated heterocycles. The standard InChI is InChI=1S/C15H15ClN5OS.Al/c1-10(16)12-9-11-13(23-12)14(20-5-7-22-8-6-20)19-15(18-11)21-4-2-3-17-21;/h2,4,9-10H,5-8H2,1H3;. The van der Waals surface area contributed by atoms with Crippen molar-refractivity contribution >= 4 is 59.8 Å². The molecule has 4 rings (SSSR count). The SMILES string of the molecule is CC(Cl)c1cc2nc(-n3cc[c]([Al])n3)nc(N3CCOCC3)c2s1. The minimum Gasteiger partial charge on any atom is -0.378 e. The molecule has 1 fully saturated rings. The molecule has 0 N–H and O–H groups in total. The quantitative estimate of drug-likeness (QED) is 0.516. The van der Waals surface area contributed by atoms with E-state index in [9.17, 15) is 0 Å². The number of alkyl halides is 1. The van der Waals surface area contributed by atoms with E-state index < -0.39 is 0 Å². The lowest BCUT2D eigenvalue weighted by atomic mass is 10.3. The van der Waals surface area contributed by atoms with Gasteiger partial charge in [0.2, 0.25) is 16.3 Å². The van der Waals surface area contributed by atoms with Crippen molar-refractivity contribution in [1.82, 2.24) is 19.7 Å². The molecule has 0 amide bonds. The predicted octanol–water partition coefficient (Wildman–Crippen LogP) is 1.81. The number of rotatable bonds is 3. The second-order valence-electron chi connectivity index (χ2n) is 5.61. The number of anilines is 1. The molecular formula is C15H15AlClN5OS. The average molecular weight is 376 g/mol. The Morgan fingerprint density at radius 1 is 1.33 bits per heavy atom. The maximum atomic E-state index is 6.28. The summed E-state index contributed by atoms with van der Waals surface area (Å²) >= 11 is 10.5. The van der Waals surface area contributed by atoms with Gasteiger partial charge >= 0.3 is 0 Å². The maximum absolute atomic E-state index is 6.28. The number of hydrogen-bond donors (Lipinski definition) is 0. The summed E-state index contributed by atoms with van der Waals surface area (Å²) in [5.41, 5.74) is 0.912. The second kappa shape index (κ2) is 6.62. The number of halogens is 1. The number of hydrogen-bond acceptors (Lipinski definition) is 6. The van der Waals surface area contributed by atoms with Crippen LogP contribution in [0.25, 0.3) is 16.2 Å².